The molecule has 0 aliphatic rings. The second kappa shape index (κ2) is 15.9. The summed E-state index contributed by atoms with van der Waals surface area (Å²) in [5, 5.41) is 0. The van der Waals surface area contributed by atoms with Crippen LogP contribution in [0.25, 0.3) is 0 Å². The molecule has 0 unspecified atom stereocenters. The smallest absolute Gasteiger partial charge is 0.146 e. The zero-order chi connectivity index (χ0) is 9.15. The van der Waals surface area contributed by atoms with Gasteiger partial charge in [0.05, 0.1) is 6.04 Å². The van der Waals surface area contributed by atoms with Gasteiger partial charge >= 0.3 is 0 Å². The molecule has 0 saturated heterocycles. The minimum absolute atomic E-state index is 0.0370. The van der Waals surface area contributed by atoms with Crippen molar-refractivity contribution in [2.45, 2.75) is 47.6 Å². The Kier molecular flexibility index (Phi) is 25.9. The van der Waals surface area contributed by atoms with Crippen LogP contribution in [0.5, 0.6) is 0 Å². The zero-order valence-electron chi connectivity index (χ0n) is 8.06. The third kappa shape index (κ3) is 25.5. The monoisotopic (exact) mass is 147 g/mol. The van der Waals surface area contributed by atoms with Gasteiger partial charge in [-0.2, -0.15) is 0 Å². The van der Waals surface area contributed by atoms with E-state index in [-0.39, 0.29) is 11.8 Å². The summed E-state index contributed by atoms with van der Waals surface area (Å²) in [5.74, 6) is 0.0370. The highest BCUT2D eigenvalue weighted by Crippen LogP contribution is 1.72. The van der Waals surface area contributed by atoms with Gasteiger partial charge in [-0.3, -0.25) is 4.79 Å². The Hall–Kier alpha value is -0.370. The Morgan fingerprint density at radius 1 is 1.20 bits per heavy atom. The molecular formula is C8H21NO. The molecule has 0 heterocycles. The lowest BCUT2D eigenvalue weighted by atomic mass is 10.3. The van der Waals surface area contributed by atoms with Crippen molar-refractivity contribution in [3.05, 3.63) is 0 Å². The molecule has 0 bridgehead atoms. The molecule has 0 saturated carbocycles. The lowest BCUT2D eigenvalue weighted by Crippen LogP contribution is -2.23. The van der Waals surface area contributed by atoms with Crippen LogP contribution in [0.1, 0.15) is 41.5 Å². The van der Waals surface area contributed by atoms with Crippen LogP contribution in [0.3, 0.4) is 0 Å². The van der Waals surface area contributed by atoms with Crippen LogP contribution in [0.4, 0.5) is 0 Å². The Morgan fingerprint density at radius 2 is 1.30 bits per heavy atom. The molecule has 0 aromatic heterocycles. The highest BCUT2D eigenvalue weighted by atomic mass is 16.1. The average Bonchev–Trinajstić information content (AvgIpc) is 1.96. The summed E-state index contributed by atoms with van der Waals surface area (Å²) < 4.78 is 0. The summed E-state index contributed by atoms with van der Waals surface area (Å²) in [4.78, 5) is 10.0. The summed E-state index contributed by atoms with van der Waals surface area (Å²) in [6.07, 6.45) is 0. The van der Waals surface area contributed by atoms with E-state index in [0.29, 0.717) is 0 Å². The summed E-state index contributed by atoms with van der Waals surface area (Å²) in [6, 6.07) is -0.287. The first-order chi connectivity index (χ1) is 4.64. The predicted molar refractivity (Wildman–Crippen MR) is 47.0 cm³/mol. The van der Waals surface area contributed by atoms with Gasteiger partial charge in [0.2, 0.25) is 0 Å². The molecular weight excluding hydrogens is 126 g/mol. The van der Waals surface area contributed by atoms with Gasteiger partial charge in [-0.15, -0.1) is 0 Å². The highest BCUT2D eigenvalue weighted by Gasteiger charge is 1.95. The van der Waals surface area contributed by atoms with Gasteiger partial charge in [0.25, 0.3) is 0 Å². The van der Waals surface area contributed by atoms with E-state index in [4.69, 9.17) is 5.73 Å². The molecule has 10 heavy (non-hydrogen) atoms. The molecule has 0 rings (SSSR count). The van der Waals surface area contributed by atoms with Crippen molar-refractivity contribution >= 4 is 5.78 Å². The first kappa shape index (κ1) is 16.3. The maximum atomic E-state index is 10.0. The molecule has 0 radical (unpaired) electrons. The van der Waals surface area contributed by atoms with Crippen molar-refractivity contribution in [1.29, 1.82) is 0 Å². The lowest BCUT2D eigenvalue weighted by Gasteiger charge is -1.91. The number of carbonyl (C=O) groups excluding carboxylic acids is 1. The van der Waals surface area contributed by atoms with E-state index in [1.54, 1.807) is 6.92 Å². The predicted octanol–water partition coefficient (Wildman–Crippen LogP) is 1.98. The molecule has 0 spiro atoms. The molecule has 0 aliphatic heterocycles. The number of hydrogen-bond acceptors (Lipinski definition) is 2. The largest absolute Gasteiger partial charge is 0.322 e. The van der Waals surface area contributed by atoms with E-state index >= 15 is 0 Å². The van der Waals surface area contributed by atoms with E-state index in [1.165, 1.54) is 6.92 Å². The molecule has 0 aromatic carbocycles. The molecule has 2 heteroatoms. The van der Waals surface area contributed by atoms with Gasteiger partial charge in [-0.05, 0) is 13.8 Å². The van der Waals surface area contributed by atoms with Crippen LogP contribution in [0.2, 0.25) is 0 Å². The van der Waals surface area contributed by atoms with Gasteiger partial charge in [-0.1, -0.05) is 27.7 Å². The van der Waals surface area contributed by atoms with Crippen LogP contribution in [0, 0.1) is 0 Å². The van der Waals surface area contributed by atoms with Crippen LogP contribution >= 0.6 is 0 Å². The van der Waals surface area contributed by atoms with Gasteiger partial charge < -0.3 is 5.73 Å². The standard InChI is InChI=1S/C4H9NO.2C2H6/c1-3(5)4(2)6;2*1-2/h3H,5H2,1-2H3;2*1-2H3/t3-;;/m1../s1. The minimum atomic E-state index is -0.287. The van der Waals surface area contributed by atoms with Gasteiger partial charge in [-0.25, -0.2) is 0 Å². The van der Waals surface area contributed by atoms with Crippen molar-refractivity contribution in [3.8, 4) is 0 Å². The van der Waals surface area contributed by atoms with Crippen LogP contribution in [-0.2, 0) is 4.79 Å². The van der Waals surface area contributed by atoms with Crippen molar-refractivity contribution in [2.75, 3.05) is 0 Å². The van der Waals surface area contributed by atoms with Crippen LogP contribution < -0.4 is 5.73 Å². The fraction of sp³-hybridized carbons (Fsp3) is 0.875. The van der Waals surface area contributed by atoms with Gasteiger partial charge in [0.15, 0.2) is 0 Å². The SMILES string of the molecule is CC.CC.CC(=O)[C@@H](C)N. The van der Waals surface area contributed by atoms with E-state index < -0.39 is 0 Å². The molecule has 0 amide bonds. The van der Waals surface area contributed by atoms with Crippen molar-refractivity contribution in [2.24, 2.45) is 5.73 Å². The summed E-state index contributed by atoms with van der Waals surface area (Å²) in [5.41, 5.74) is 5.09. The Balaban J connectivity index is -0.000000105. The number of rotatable bonds is 1. The molecule has 1 atom stereocenters. The second-order valence-electron chi connectivity index (χ2n) is 1.40. The fourth-order valence-electron chi connectivity index (χ4n) is 0. The average molecular weight is 147 g/mol. The summed E-state index contributed by atoms with van der Waals surface area (Å²) >= 11 is 0. The minimum Gasteiger partial charge on any atom is -0.322 e. The van der Waals surface area contributed by atoms with E-state index in [9.17, 15) is 4.79 Å². The maximum Gasteiger partial charge on any atom is 0.146 e. The third-order valence-electron chi connectivity index (χ3n) is 0.641. The molecule has 2 nitrogen and oxygen atoms in total. The normalized spacial score (nSPS) is 9.50. The first-order valence-electron chi connectivity index (χ1n) is 3.90. The topological polar surface area (TPSA) is 43.1 Å². The van der Waals surface area contributed by atoms with E-state index in [2.05, 4.69) is 0 Å². The van der Waals surface area contributed by atoms with Crippen LogP contribution in [-0.4, -0.2) is 11.8 Å². The number of Topliss-reactive ketones (excluding diaryl/α,β-unsaturated/α-hetero) is 1. The quantitative estimate of drug-likeness (QED) is 0.616. The van der Waals surface area contributed by atoms with Gasteiger partial charge in [0.1, 0.15) is 5.78 Å². The van der Waals surface area contributed by atoms with E-state index in [0.717, 1.165) is 0 Å². The lowest BCUT2D eigenvalue weighted by molar-refractivity contribution is -0.117. The number of carbonyl (C=O) groups is 1. The Labute approximate surface area is 64.8 Å². The second-order valence-corrected chi connectivity index (χ2v) is 1.40. The third-order valence-corrected chi connectivity index (χ3v) is 0.641. The van der Waals surface area contributed by atoms with Crippen molar-refractivity contribution in [1.82, 2.24) is 0 Å². The Morgan fingerprint density at radius 3 is 1.30 bits per heavy atom. The number of ketones is 1. The van der Waals surface area contributed by atoms with E-state index in [1.807, 2.05) is 27.7 Å². The number of hydrogen-bond donors (Lipinski definition) is 1. The maximum absolute atomic E-state index is 10.0. The molecule has 0 aliphatic carbocycles. The Bertz CT molecular complexity index is 60.3. The molecule has 0 fully saturated rings. The fourth-order valence-corrected chi connectivity index (χ4v) is 0. The van der Waals surface area contributed by atoms with Gasteiger partial charge in [0, 0.05) is 0 Å². The van der Waals surface area contributed by atoms with Crippen molar-refractivity contribution in [3.63, 3.8) is 0 Å². The van der Waals surface area contributed by atoms with Crippen LogP contribution in [0.15, 0.2) is 0 Å². The zero-order valence-corrected chi connectivity index (χ0v) is 8.06. The molecule has 0 aromatic rings. The number of nitrogens with two attached hydrogens (primary N) is 1. The molecule has 64 valence electrons. The molecule has 2 N–H and O–H groups in total. The first-order valence-corrected chi connectivity index (χ1v) is 3.90. The summed E-state index contributed by atoms with van der Waals surface area (Å²) in [6.45, 7) is 11.1. The highest BCUT2D eigenvalue weighted by molar-refractivity contribution is 5.80. The van der Waals surface area contributed by atoms with Crippen molar-refractivity contribution < 1.29 is 4.79 Å². The summed E-state index contributed by atoms with van der Waals surface area (Å²) in [7, 11) is 0.